The number of benzene rings is 2. The maximum absolute atomic E-state index is 6.01. The van der Waals surface area contributed by atoms with Gasteiger partial charge in [0.2, 0.25) is 0 Å². The van der Waals surface area contributed by atoms with Crippen molar-refractivity contribution in [2.75, 3.05) is 46.5 Å². The average Bonchev–Trinajstić information content (AvgIpc) is 2.75. The van der Waals surface area contributed by atoms with E-state index in [1.807, 2.05) is 12.1 Å². The molecule has 0 saturated carbocycles. The Morgan fingerprint density at radius 1 is 1.10 bits per heavy atom. The SMILES string of the molecule is COc1cc(CNCCCN2CCOCC2)c(Br)cc1OCc1ccc(C)cc1. The van der Waals surface area contributed by atoms with Crippen LogP contribution in [0.25, 0.3) is 0 Å². The van der Waals surface area contributed by atoms with Gasteiger partial charge in [0, 0.05) is 24.1 Å². The first-order valence-corrected chi connectivity index (χ1v) is 11.0. The summed E-state index contributed by atoms with van der Waals surface area (Å²) in [6.07, 6.45) is 1.13. The van der Waals surface area contributed by atoms with E-state index >= 15 is 0 Å². The Morgan fingerprint density at radius 3 is 2.59 bits per heavy atom. The van der Waals surface area contributed by atoms with Crippen molar-refractivity contribution in [2.45, 2.75) is 26.5 Å². The number of nitrogens with zero attached hydrogens (tertiary/aromatic N) is 1. The van der Waals surface area contributed by atoms with Crippen LogP contribution in [-0.4, -0.2) is 51.4 Å². The molecule has 1 fully saturated rings. The summed E-state index contributed by atoms with van der Waals surface area (Å²) < 4.78 is 18.0. The van der Waals surface area contributed by atoms with E-state index in [0.29, 0.717) is 6.61 Å². The zero-order valence-corrected chi connectivity index (χ0v) is 19.0. The van der Waals surface area contributed by atoms with Gasteiger partial charge in [-0.15, -0.1) is 0 Å². The number of aryl methyl sites for hydroxylation is 1. The van der Waals surface area contributed by atoms with Gasteiger partial charge in [-0.05, 0) is 49.7 Å². The van der Waals surface area contributed by atoms with Crippen LogP contribution in [-0.2, 0) is 17.9 Å². The lowest BCUT2D eigenvalue weighted by molar-refractivity contribution is 0.0374. The molecule has 1 aliphatic heterocycles. The third-order valence-corrected chi connectivity index (χ3v) is 5.83. The van der Waals surface area contributed by atoms with E-state index in [1.54, 1.807) is 7.11 Å². The standard InChI is InChI=1S/C23H31BrN2O3/c1-18-4-6-19(7-5-18)17-29-23-15-21(24)20(14-22(23)27-2)16-25-8-3-9-26-10-12-28-13-11-26/h4-7,14-15,25H,3,8-13,16-17H2,1-2H3. The second-order valence-electron chi connectivity index (χ2n) is 7.35. The number of nitrogens with one attached hydrogen (secondary N) is 1. The van der Waals surface area contributed by atoms with Gasteiger partial charge in [-0.2, -0.15) is 0 Å². The quantitative estimate of drug-likeness (QED) is 0.537. The van der Waals surface area contributed by atoms with Crippen LogP contribution in [0.15, 0.2) is 40.9 Å². The predicted octanol–water partition coefficient (Wildman–Crippen LogP) is 4.16. The van der Waals surface area contributed by atoms with Crippen LogP contribution in [0.5, 0.6) is 11.5 Å². The Hall–Kier alpha value is -1.60. The summed E-state index contributed by atoms with van der Waals surface area (Å²) in [5.74, 6) is 1.50. The first-order valence-electron chi connectivity index (χ1n) is 10.2. The van der Waals surface area contributed by atoms with E-state index in [1.165, 1.54) is 5.56 Å². The molecular weight excluding hydrogens is 432 g/mol. The Balaban J connectivity index is 1.48. The van der Waals surface area contributed by atoms with Crippen molar-refractivity contribution >= 4 is 15.9 Å². The normalized spacial score (nSPS) is 14.7. The minimum absolute atomic E-state index is 0.516. The number of methoxy groups -OCH3 is 1. The highest BCUT2D eigenvalue weighted by Crippen LogP contribution is 2.34. The van der Waals surface area contributed by atoms with Crippen LogP contribution in [0, 0.1) is 6.92 Å². The summed E-state index contributed by atoms with van der Waals surface area (Å²) in [6, 6.07) is 12.4. The number of hydrogen-bond acceptors (Lipinski definition) is 5. The summed E-state index contributed by atoms with van der Waals surface area (Å²) in [6.45, 7) is 9.31. The molecule has 3 rings (SSSR count). The van der Waals surface area contributed by atoms with Gasteiger partial charge in [-0.1, -0.05) is 45.8 Å². The van der Waals surface area contributed by atoms with Crippen molar-refractivity contribution in [3.63, 3.8) is 0 Å². The maximum Gasteiger partial charge on any atom is 0.162 e. The monoisotopic (exact) mass is 462 g/mol. The molecule has 0 unspecified atom stereocenters. The summed E-state index contributed by atoms with van der Waals surface area (Å²) in [5, 5.41) is 3.53. The molecule has 5 nitrogen and oxygen atoms in total. The molecule has 0 aliphatic carbocycles. The van der Waals surface area contributed by atoms with Crippen molar-refractivity contribution in [3.05, 3.63) is 57.6 Å². The van der Waals surface area contributed by atoms with Crippen LogP contribution in [0.2, 0.25) is 0 Å². The fourth-order valence-electron chi connectivity index (χ4n) is 3.31. The lowest BCUT2D eigenvalue weighted by Gasteiger charge is -2.26. The van der Waals surface area contributed by atoms with E-state index in [2.05, 4.69) is 57.3 Å². The molecule has 0 spiro atoms. The molecule has 0 radical (unpaired) electrons. The lowest BCUT2D eigenvalue weighted by atomic mass is 10.1. The van der Waals surface area contributed by atoms with Gasteiger partial charge in [-0.3, -0.25) is 4.90 Å². The topological polar surface area (TPSA) is 43.0 Å². The van der Waals surface area contributed by atoms with Crippen molar-refractivity contribution in [2.24, 2.45) is 0 Å². The summed E-state index contributed by atoms with van der Waals surface area (Å²) in [4.78, 5) is 2.46. The molecule has 0 bridgehead atoms. The van der Waals surface area contributed by atoms with Gasteiger partial charge < -0.3 is 19.5 Å². The molecule has 1 N–H and O–H groups in total. The average molecular weight is 463 g/mol. The summed E-state index contributed by atoms with van der Waals surface area (Å²) in [7, 11) is 1.68. The van der Waals surface area contributed by atoms with Gasteiger partial charge >= 0.3 is 0 Å². The summed E-state index contributed by atoms with van der Waals surface area (Å²) in [5.41, 5.74) is 3.55. The van der Waals surface area contributed by atoms with Gasteiger partial charge in [0.15, 0.2) is 11.5 Å². The Morgan fingerprint density at radius 2 is 1.86 bits per heavy atom. The molecular formula is C23H31BrN2O3. The van der Waals surface area contributed by atoms with Gasteiger partial charge in [0.05, 0.1) is 20.3 Å². The van der Waals surface area contributed by atoms with Crippen LogP contribution in [0.3, 0.4) is 0 Å². The molecule has 0 amide bonds. The molecule has 29 heavy (non-hydrogen) atoms. The molecule has 158 valence electrons. The number of morpholine rings is 1. The van der Waals surface area contributed by atoms with Crippen molar-refractivity contribution in [1.29, 1.82) is 0 Å². The first-order chi connectivity index (χ1) is 14.2. The molecule has 2 aromatic rings. The van der Waals surface area contributed by atoms with Crippen LogP contribution in [0.4, 0.5) is 0 Å². The zero-order chi connectivity index (χ0) is 20.5. The highest BCUT2D eigenvalue weighted by molar-refractivity contribution is 9.10. The predicted molar refractivity (Wildman–Crippen MR) is 120 cm³/mol. The van der Waals surface area contributed by atoms with Gasteiger partial charge in [0.1, 0.15) is 6.61 Å². The molecule has 6 heteroatoms. The third-order valence-electron chi connectivity index (χ3n) is 5.09. The third kappa shape index (κ3) is 7.00. The molecule has 1 heterocycles. The van der Waals surface area contributed by atoms with Gasteiger partial charge in [0.25, 0.3) is 0 Å². The number of hydrogen-bond donors (Lipinski definition) is 1. The maximum atomic E-state index is 6.01. The Labute approximate surface area is 182 Å². The number of halogens is 1. The zero-order valence-electron chi connectivity index (χ0n) is 17.4. The highest BCUT2D eigenvalue weighted by atomic mass is 79.9. The second kappa shape index (κ2) is 11.6. The number of rotatable bonds is 10. The van der Waals surface area contributed by atoms with Crippen molar-refractivity contribution < 1.29 is 14.2 Å². The second-order valence-corrected chi connectivity index (χ2v) is 8.21. The van der Waals surface area contributed by atoms with E-state index in [9.17, 15) is 0 Å². The van der Waals surface area contributed by atoms with E-state index in [-0.39, 0.29) is 0 Å². The minimum atomic E-state index is 0.516. The van der Waals surface area contributed by atoms with Gasteiger partial charge in [-0.25, -0.2) is 0 Å². The molecule has 1 saturated heterocycles. The van der Waals surface area contributed by atoms with Crippen LogP contribution in [0.1, 0.15) is 23.1 Å². The van der Waals surface area contributed by atoms with Crippen LogP contribution < -0.4 is 14.8 Å². The smallest absolute Gasteiger partial charge is 0.162 e. The summed E-state index contributed by atoms with van der Waals surface area (Å²) >= 11 is 3.68. The number of ether oxygens (including phenoxy) is 3. The lowest BCUT2D eigenvalue weighted by Crippen LogP contribution is -2.37. The molecule has 2 aromatic carbocycles. The highest BCUT2D eigenvalue weighted by Gasteiger charge is 2.12. The molecule has 0 aromatic heterocycles. The van der Waals surface area contributed by atoms with E-state index in [4.69, 9.17) is 14.2 Å². The molecule has 0 atom stereocenters. The van der Waals surface area contributed by atoms with Crippen molar-refractivity contribution in [1.82, 2.24) is 10.2 Å². The molecule has 1 aliphatic rings. The van der Waals surface area contributed by atoms with Crippen molar-refractivity contribution in [3.8, 4) is 11.5 Å². The first kappa shape index (κ1) is 22.1. The fourth-order valence-corrected chi connectivity index (χ4v) is 3.77. The van der Waals surface area contributed by atoms with E-state index in [0.717, 1.165) is 79.5 Å². The van der Waals surface area contributed by atoms with Crippen LogP contribution >= 0.6 is 15.9 Å². The largest absolute Gasteiger partial charge is 0.493 e. The fraction of sp³-hybridized carbons (Fsp3) is 0.478. The Bertz CT molecular complexity index is 761. The Kier molecular flexibility index (Phi) is 8.80. The minimum Gasteiger partial charge on any atom is -0.493 e. The van der Waals surface area contributed by atoms with E-state index < -0.39 is 0 Å².